The number of ether oxygens (including phenoxy) is 2. The summed E-state index contributed by atoms with van der Waals surface area (Å²) in [6.07, 6.45) is 4.83. The van der Waals surface area contributed by atoms with Gasteiger partial charge in [0, 0.05) is 14.2 Å². The SMILES string of the molecule is COC1(OC)CN=C(NC#N)N(Cc2cnco2)C1. The average molecular weight is 265 g/mol. The summed E-state index contributed by atoms with van der Waals surface area (Å²) in [5.41, 5.74) is 0. The molecule has 2 rings (SSSR count). The number of nitriles is 1. The van der Waals surface area contributed by atoms with Crippen LogP contribution in [0, 0.1) is 11.5 Å². The van der Waals surface area contributed by atoms with Gasteiger partial charge in [-0.05, 0) is 0 Å². The number of hydrogen-bond acceptors (Lipinski definition) is 8. The normalized spacial score (nSPS) is 17.7. The average Bonchev–Trinajstić information content (AvgIpc) is 2.94. The second-order valence-electron chi connectivity index (χ2n) is 4.02. The van der Waals surface area contributed by atoms with Crippen LogP contribution in [-0.4, -0.2) is 48.9 Å². The molecule has 102 valence electrons. The first-order valence-corrected chi connectivity index (χ1v) is 5.65. The van der Waals surface area contributed by atoms with E-state index in [9.17, 15) is 0 Å². The summed E-state index contributed by atoms with van der Waals surface area (Å²) in [5, 5.41) is 11.3. The van der Waals surface area contributed by atoms with Gasteiger partial charge in [-0.2, -0.15) is 5.26 Å². The third-order valence-corrected chi connectivity index (χ3v) is 2.94. The van der Waals surface area contributed by atoms with Gasteiger partial charge in [0.15, 0.2) is 12.6 Å². The van der Waals surface area contributed by atoms with Crippen LogP contribution in [0.3, 0.4) is 0 Å². The number of rotatable bonds is 4. The molecule has 0 amide bonds. The van der Waals surface area contributed by atoms with Crippen LogP contribution < -0.4 is 5.32 Å². The van der Waals surface area contributed by atoms with E-state index in [-0.39, 0.29) is 0 Å². The third kappa shape index (κ3) is 2.83. The minimum absolute atomic E-state index is 0.316. The second-order valence-corrected chi connectivity index (χ2v) is 4.02. The van der Waals surface area contributed by atoms with Gasteiger partial charge in [-0.3, -0.25) is 5.32 Å². The summed E-state index contributed by atoms with van der Waals surface area (Å²) in [4.78, 5) is 9.93. The molecule has 0 aromatic carbocycles. The van der Waals surface area contributed by atoms with E-state index in [1.165, 1.54) is 6.39 Å². The van der Waals surface area contributed by atoms with Gasteiger partial charge in [0.1, 0.15) is 5.76 Å². The standard InChI is InChI=1S/C11H15N5O3/c1-17-11(18-2)5-14-10(15-7-12)16(6-11)4-9-3-13-8-19-9/h3,8H,4-6H2,1-2H3,(H,14,15). The summed E-state index contributed by atoms with van der Waals surface area (Å²) in [7, 11) is 3.13. The van der Waals surface area contributed by atoms with Crippen LogP contribution in [0.1, 0.15) is 5.76 Å². The summed E-state index contributed by atoms with van der Waals surface area (Å²) in [5.74, 6) is 0.305. The Morgan fingerprint density at radius 2 is 2.37 bits per heavy atom. The van der Waals surface area contributed by atoms with Gasteiger partial charge in [-0.25, -0.2) is 9.98 Å². The zero-order valence-corrected chi connectivity index (χ0v) is 10.8. The Balaban J connectivity index is 2.18. The minimum Gasteiger partial charge on any atom is -0.447 e. The molecule has 0 saturated carbocycles. The zero-order chi connectivity index (χ0) is 13.7. The summed E-state index contributed by atoms with van der Waals surface area (Å²) < 4.78 is 15.9. The Morgan fingerprint density at radius 3 is 2.95 bits per heavy atom. The fourth-order valence-electron chi connectivity index (χ4n) is 1.86. The fraction of sp³-hybridized carbons (Fsp3) is 0.545. The van der Waals surface area contributed by atoms with E-state index in [1.807, 2.05) is 6.19 Å². The van der Waals surface area contributed by atoms with Gasteiger partial charge in [-0.15, -0.1) is 0 Å². The molecule has 1 aliphatic heterocycles. The smallest absolute Gasteiger partial charge is 0.208 e. The quantitative estimate of drug-likeness (QED) is 0.461. The van der Waals surface area contributed by atoms with E-state index in [4.69, 9.17) is 19.2 Å². The van der Waals surface area contributed by atoms with Crippen molar-refractivity contribution in [1.29, 1.82) is 5.26 Å². The van der Waals surface area contributed by atoms with E-state index in [0.29, 0.717) is 31.4 Å². The van der Waals surface area contributed by atoms with Crippen LogP contribution in [0.15, 0.2) is 22.0 Å². The highest BCUT2D eigenvalue weighted by atomic mass is 16.7. The predicted molar refractivity (Wildman–Crippen MR) is 64.7 cm³/mol. The van der Waals surface area contributed by atoms with Gasteiger partial charge >= 0.3 is 0 Å². The molecule has 0 spiro atoms. The van der Waals surface area contributed by atoms with Crippen molar-refractivity contribution in [2.24, 2.45) is 4.99 Å². The van der Waals surface area contributed by atoms with Crippen LogP contribution in [0.2, 0.25) is 0 Å². The third-order valence-electron chi connectivity index (χ3n) is 2.94. The highest BCUT2D eigenvalue weighted by Crippen LogP contribution is 2.20. The van der Waals surface area contributed by atoms with Crippen molar-refractivity contribution in [1.82, 2.24) is 15.2 Å². The molecule has 0 bridgehead atoms. The van der Waals surface area contributed by atoms with Crippen molar-refractivity contribution < 1.29 is 13.9 Å². The summed E-state index contributed by atoms with van der Waals surface area (Å²) in [6.45, 7) is 1.16. The Kier molecular flexibility index (Phi) is 3.99. The number of nitrogens with one attached hydrogen (secondary N) is 1. The molecule has 0 atom stereocenters. The van der Waals surface area contributed by atoms with Gasteiger partial charge < -0.3 is 18.8 Å². The Hall–Kier alpha value is -2.11. The highest BCUT2D eigenvalue weighted by Gasteiger charge is 2.37. The van der Waals surface area contributed by atoms with Crippen LogP contribution in [0.4, 0.5) is 0 Å². The first-order chi connectivity index (χ1) is 9.23. The van der Waals surface area contributed by atoms with Crippen molar-refractivity contribution in [3.8, 4) is 6.19 Å². The van der Waals surface area contributed by atoms with Crippen molar-refractivity contribution in [3.63, 3.8) is 0 Å². The molecule has 0 radical (unpaired) electrons. The van der Waals surface area contributed by atoms with E-state index < -0.39 is 5.79 Å². The van der Waals surface area contributed by atoms with Crippen LogP contribution in [0.25, 0.3) is 0 Å². The number of nitrogens with zero attached hydrogens (tertiary/aromatic N) is 4. The molecule has 0 fully saturated rings. The lowest BCUT2D eigenvalue weighted by atomic mass is 10.2. The molecular weight excluding hydrogens is 250 g/mol. The van der Waals surface area contributed by atoms with E-state index in [2.05, 4.69) is 15.3 Å². The van der Waals surface area contributed by atoms with E-state index in [1.54, 1.807) is 25.3 Å². The maximum Gasteiger partial charge on any atom is 0.208 e. The van der Waals surface area contributed by atoms with Gasteiger partial charge in [0.2, 0.25) is 11.7 Å². The summed E-state index contributed by atoms with van der Waals surface area (Å²) in [6, 6.07) is 0. The highest BCUT2D eigenvalue weighted by molar-refractivity contribution is 5.82. The van der Waals surface area contributed by atoms with Crippen LogP contribution in [-0.2, 0) is 16.0 Å². The number of guanidine groups is 1. The molecule has 2 heterocycles. The van der Waals surface area contributed by atoms with Crippen molar-refractivity contribution in [3.05, 3.63) is 18.4 Å². The van der Waals surface area contributed by atoms with Crippen LogP contribution in [0.5, 0.6) is 0 Å². The molecule has 8 heteroatoms. The topological polar surface area (TPSA) is 95.9 Å². The molecule has 0 saturated heterocycles. The molecule has 8 nitrogen and oxygen atoms in total. The van der Waals surface area contributed by atoms with Crippen molar-refractivity contribution >= 4 is 5.96 Å². The summed E-state index contributed by atoms with van der Waals surface area (Å²) >= 11 is 0. The lowest BCUT2D eigenvalue weighted by molar-refractivity contribution is -0.208. The monoisotopic (exact) mass is 265 g/mol. The first-order valence-electron chi connectivity index (χ1n) is 5.65. The Bertz CT molecular complexity index is 475. The second kappa shape index (κ2) is 5.69. The minimum atomic E-state index is -0.819. The zero-order valence-electron chi connectivity index (χ0n) is 10.8. The lowest BCUT2D eigenvalue weighted by Gasteiger charge is -2.39. The molecular formula is C11H15N5O3. The number of hydrogen-bond donors (Lipinski definition) is 1. The maximum atomic E-state index is 8.74. The fourth-order valence-corrected chi connectivity index (χ4v) is 1.86. The van der Waals surface area contributed by atoms with Crippen LogP contribution >= 0.6 is 0 Å². The first kappa shape index (κ1) is 13.3. The van der Waals surface area contributed by atoms with Gasteiger partial charge in [-0.1, -0.05) is 0 Å². The van der Waals surface area contributed by atoms with Gasteiger partial charge in [0.25, 0.3) is 0 Å². The number of oxazole rings is 1. The Labute approximate surface area is 110 Å². The number of aliphatic imine (C=N–C) groups is 1. The molecule has 1 N–H and O–H groups in total. The molecule has 0 unspecified atom stereocenters. The lowest BCUT2D eigenvalue weighted by Crippen LogP contribution is -2.56. The number of aromatic nitrogens is 1. The molecule has 1 aliphatic rings. The largest absolute Gasteiger partial charge is 0.447 e. The van der Waals surface area contributed by atoms with Crippen molar-refractivity contribution in [2.45, 2.75) is 12.3 Å². The van der Waals surface area contributed by atoms with Gasteiger partial charge in [0.05, 0.1) is 25.8 Å². The van der Waals surface area contributed by atoms with Crippen molar-refractivity contribution in [2.75, 3.05) is 27.3 Å². The van der Waals surface area contributed by atoms with E-state index >= 15 is 0 Å². The molecule has 0 aliphatic carbocycles. The maximum absolute atomic E-state index is 8.74. The predicted octanol–water partition coefficient (Wildman–Crippen LogP) is -0.0940. The number of methoxy groups -OCH3 is 2. The molecule has 1 aromatic heterocycles. The van der Waals surface area contributed by atoms with E-state index in [0.717, 1.165) is 0 Å². The molecule has 1 aromatic rings. The molecule has 19 heavy (non-hydrogen) atoms. The Morgan fingerprint density at radius 1 is 1.58 bits per heavy atom.